The van der Waals surface area contributed by atoms with Gasteiger partial charge in [-0.25, -0.2) is 39.5 Å². The van der Waals surface area contributed by atoms with Gasteiger partial charge in [0.1, 0.15) is 34.5 Å². The molecule has 0 bridgehead atoms. The zero-order valence-electron chi connectivity index (χ0n) is 58.8. The molecular weight excluding hydrogens is 1260 g/mol. The zero-order chi connectivity index (χ0) is 71.6. The Kier molecular flexibility index (Phi) is 38.2. The number of fused-ring (bicyclic) bond motifs is 2. The highest BCUT2D eigenvalue weighted by molar-refractivity contribution is 5.89. The number of nitrogens with one attached hydrogen (secondary N) is 1. The predicted molar refractivity (Wildman–Crippen MR) is 369 cm³/mol. The first kappa shape index (κ1) is 81.8. The third-order valence-electron chi connectivity index (χ3n) is 15.3. The number of rotatable bonds is 38. The van der Waals surface area contributed by atoms with E-state index in [1.54, 1.807) is 48.4 Å². The minimum Gasteiger partial charge on any atom is -0.481 e. The molecule has 4 aromatic heterocycles. The molecule has 0 radical (unpaired) electrons. The number of carboxylic acids is 1. The van der Waals surface area contributed by atoms with Crippen LogP contribution in [0.25, 0.3) is 20.9 Å². The van der Waals surface area contributed by atoms with Crippen LogP contribution in [-0.2, 0) is 86.1 Å². The topological polar surface area (TPSA) is 397 Å². The summed E-state index contributed by atoms with van der Waals surface area (Å²) in [6.45, 7) is 18.9. The van der Waals surface area contributed by atoms with Crippen molar-refractivity contribution in [2.75, 3.05) is 82.3 Å². The number of nitrogens with two attached hydrogens (primary N) is 1. The van der Waals surface area contributed by atoms with E-state index >= 15 is 0 Å². The van der Waals surface area contributed by atoms with Gasteiger partial charge in [-0.3, -0.25) is 29.0 Å². The summed E-state index contributed by atoms with van der Waals surface area (Å²) < 4.78 is 32.3. The van der Waals surface area contributed by atoms with Crippen LogP contribution in [0, 0.1) is 0 Å². The van der Waals surface area contributed by atoms with E-state index in [0.29, 0.717) is 77.3 Å². The lowest BCUT2D eigenvalue weighted by Crippen LogP contribution is -2.40. The van der Waals surface area contributed by atoms with E-state index in [0.717, 1.165) is 148 Å². The summed E-state index contributed by atoms with van der Waals surface area (Å²) in [5.41, 5.74) is 25.1. The monoisotopic (exact) mass is 1360 g/mol. The van der Waals surface area contributed by atoms with Crippen LogP contribution < -0.4 is 20.9 Å². The molecule has 0 saturated heterocycles. The van der Waals surface area contributed by atoms with E-state index in [1.165, 1.54) is 0 Å². The highest BCUT2D eigenvalue weighted by Gasteiger charge is 2.31. The lowest BCUT2D eigenvalue weighted by Gasteiger charge is -2.31. The number of ether oxygens (including phenoxy) is 6. The summed E-state index contributed by atoms with van der Waals surface area (Å²) in [5, 5.41) is 18.0. The molecule has 0 aromatic carbocycles. The Morgan fingerprint density at radius 1 is 0.602 bits per heavy atom. The van der Waals surface area contributed by atoms with Crippen molar-refractivity contribution in [1.29, 1.82) is 0 Å². The molecule has 0 unspecified atom stereocenters. The fourth-order valence-electron chi connectivity index (χ4n) is 10.7. The fourth-order valence-corrected chi connectivity index (χ4v) is 10.7. The quantitative estimate of drug-likeness (QED) is 0.00937. The van der Waals surface area contributed by atoms with Crippen LogP contribution in [0.4, 0.5) is 21.2 Å². The third-order valence-corrected chi connectivity index (χ3v) is 15.3. The van der Waals surface area contributed by atoms with E-state index in [2.05, 4.69) is 69.6 Å². The zero-order valence-corrected chi connectivity index (χ0v) is 58.8. The van der Waals surface area contributed by atoms with E-state index < -0.39 is 17.2 Å². The summed E-state index contributed by atoms with van der Waals surface area (Å²) in [5.74, 6) is 0.885. The van der Waals surface area contributed by atoms with Gasteiger partial charge in [0, 0.05) is 91.4 Å². The Balaban J connectivity index is 0.000000398. The van der Waals surface area contributed by atoms with Crippen LogP contribution >= 0.6 is 0 Å². The van der Waals surface area contributed by atoms with Crippen molar-refractivity contribution in [3.8, 4) is 0 Å². The number of anilines is 2. The number of aliphatic carboxylic acids is 1. The van der Waals surface area contributed by atoms with Crippen LogP contribution in [-0.4, -0.2) is 155 Å². The second-order valence-electron chi connectivity index (χ2n) is 25.6. The van der Waals surface area contributed by atoms with E-state index in [1.807, 2.05) is 41.5 Å². The number of aryl methyl sites for hydroxylation is 6. The number of carbonyl (C=O) groups excluding carboxylic acids is 5. The molecule has 0 aliphatic carbocycles. The number of aromatic nitrogens is 6. The lowest BCUT2D eigenvalue weighted by molar-refractivity contribution is -0.144. The highest BCUT2D eigenvalue weighted by Crippen LogP contribution is 2.32. The Labute approximate surface area is 576 Å². The normalized spacial score (nSPS) is 13.0. The van der Waals surface area contributed by atoms with Gasteiger partial charge in [-0.2, -0.15) is 0 Å². The first-order chi connectivity index (χ1) is 47.1. The van der Waals surface area contributed by atoms with Gasteiger partial charge in [-0.05, 0) is 177 Å². The SMILES string of the molecule is CCOC(=O)C[C@H](CCCCCCc1ccc2c(n1)N(C(=O)OC(C)(C)C)CCC2)c1cnc(CCC(=O)NCCOCCOCCN=[N+]=[N-])nc1.CCOC(=O)C[C@H](CCCCCCc1ccc2c(n1)N(C(=O)OC(C)(C)C)CCC2)c1cnc(CCC(=O)O)nc1.[N-]=[N+]=NCN. The maximum atomic E-state index is 12.8. The van der Waals surface area contributed by atoms with E-state index in [-0.39, 0.29) is 87.2 Å². The van der Waals surface area contributed by atoms with Crippen LogP contribution in [0.3, 0.4) is 0 Å². The van der Waals surface area contributed by atoms with E-state index in [4.69, 9.17) is 60.3 Å². The van der Waals surface area contributed by atoms with Crippen molar-refractivity contribution in [3.05, 3.63) is 115 Å². The minimum atomic E-state index is -0.886. The third kappa shape index (κ3) is 33.6. The summed E-state index contributed by atoms with van der Waals surface area (Å²) in [6.07, 6.45) is 22.3. The Morgan fingerprint density at radius 2 is 1.04 bits per heavy atom. The molecule has 29 nitrogen and oxygen atoms in total. The summed E-state index contributed by atoms with van der Waals surface area (Å²) in [7, 11) is 0. The van der Waals surface area contributed by atoms with Crippen molar-refractivity contribution >= 4 is 47.6 Å². The first-order valence-corrected chi connectivity index (χ1v) is 34.3. The fraction of sp³-hybridized carbons (Fsp3) is 0.652. The first-order valence-electron chi connectivity index (χ1n) is 34.3. The predicted octanol–water partition coefficient (Wildman–Crippen LogP) is 12.2. The van der Waals surface area contributed by atoms with Gasteiger partial charge >= 0.3 is 30.1 Å². The Hall–Kier alpha value is -8.62. The number of amides is 3. The number of esters is 2. The van der Waals surface area contributed by atoms with Gasteiger partial charge in [0.25, 0.3) is 0 Å². The lowest BCUT2D eigenvalue weighted by atomic mass is 9.92. The molecule has 538 valence electrons. The number of unbranched alkanes of at least 4 members (excludes halogenated alkanes) is 6. The second-order valence-corrected chi connectivity index (χ2v) is 25.6. The van der Waals surface area contributed by atoms with Crippen molar-refractivity contribution in [2.24, 2.45) is 16.0 Å². The van der Waals surface area contributed by atoms with Crippen molar-refractivity contribution in [3.63, 3.8) is 0 Å². The van der Waals surface area contributed by atoms with Crippen molar-refractivity contribution in [2.45, 2.75) is 220 Å². The molecule has 29 heteroatoms. The summed E-state index contributed by atoms with van der Waals surface area (Å²) in [6, 6.07) is 8.31. The highest BCUT2D eigenvalue weighted by atomic mass is 16.6. The Bertz CT molecular complexity index is 3170. The standard InChI is InChI=1S/C37H56N8O7.C31H44N4O6.CH4N4/c1-5-51-34(47)25-29(30-26-40-32(41-27-30)16-17-33(46)39-18-21-49-23-24-50-22-19-42-44-38)11-8-6-7-9-13-31-15-14-28-12-10-20-45(35(28)43-31)36(48)52-37(2,3)4;1-5-40-28(38)19-23(24-20-32-26(33-21-24)16-17-27(36)37)11-8-6-7-9-13-25-15-14-22-12-10-18-35(29(22)34-25)30(39)41-31(2,3)4;2-1-4-5-3/h14-15,26-27,29H,5-13,16-25H2,1-4H3,(H,39,46);14-15,20-21,23H,5-13,16-19H2,1-4H3,(H,36,37);1-2H2/t29-;23-;/m00./s1. The molecule has 6 rings (SSSR count). The van der Waals surface area contributed by atoms with Gasteiger partial charge in [0.2, 0.25) is 5.91 Å². The molecule has 2 aliphatic heterocycles. The number of azide groups is 2. The summed E-state index contributed by atoms with van der Waals surface area (Å²) in [4.78, 5) is 109. The minimum absolute atomic E-state index is 0.0193. The number of nitrogens with zero attached hydrogens (tertiary/aromatic N) is 14. The Morgan fingerprint density at radius 3 is 1.45 bits per heavy atom. The summed E-state index contributed by atoms with van der Waals surface area (Å²) >= 11 is 0. The van der Waals surface area contributed by atoms with Gasteiger partial charge in [-0.15, -0.1) is 0 Å². The number of hydrogen-bond acceptors (Lipinski definition) is 21. The van der Waals surface area contributed by atoms with Crippen molar-refractivity contribution in [1.82, 2.24) is 35.2 Å². The van der Waals surface area contributed by atoms with Gasteiger partial charge < -0.3 is 44.6 Å². The molecular formula is C69H104N16O13. The van der Waals surface area contributed by atoms with Gasteiger partial charge in [-0.1, -0.05) is 60.9 Å². The van der Waals surface area contributed by atoms with Gasteiger partial charge in [0.15, 0.2) is 0 Å². The second kappa shape index (κ2) is 45.8. The molecule has 0 fully saturated rings. The van der Waals surface area contributed by atoms with Crippen LogP contribution in [0.5, 0.6) is 0 Å². The maximum Gasteiger partial charge on any atom is 0.416 e. The molecule has 98 heavy (non-hydrogen) atoms. The average Bonchev–Trinajstić information content (AvgIpc) is 0.810. The van der Waals surface area contributed by atoms with Gasteiger partial charge in [0.05, 0.1) is 65.6 Å². The van der Waals surface area contributed by atoms with Crippen LogP contribution in [0.15, 0.2) is 59.3 Å². The number of hydrogen-bond donors (Lipinski definition) is 3. The number of pyridine rings is 2. The van der Waals surface area contributed by atoms with Crippen molar-refractivity contribution < 1.29 is 62.3 Å². The molecule has 4 aromatic rings. The molecule has 3 amide bonds. The van der Waals surface area contributed by atoms with Crippen LogP contribution in [0.2, 0.25) is 0 Å². The number of carbonyl (C=O) groups is 6. The largest absolute Gasteiger partial charge is 0.481 e. The molecule has 0 saturated carbocycles. The average molecular weight is 1370 g/mol. The smallest absolute Gasteiger partial charge is 0.416 e. The molecule has 2 atom stereocenters. The van der Waals surface area contributed by atoms with E-state index in [9.17, 15) is 28.8 Å². The van der Waals surface area contributed by atoms with Crippen LogP contribution in [0.1, 0.15) is 215 Å². The number of carboxylic acid groups (broad SMARTS) is 1. The molecule has 6 heterocycles. The molecule has 2 aliphatic rings. The molecule has 4 N–H and O–H groups in total. The molecule has 0 spiro atoms. The maximum absolute atomic E-state index is 12.8.